The van der Waals surface area contributed by atoms with Crippen LogP contribution in [0.2, 0.25) is 0 Å². The maximum atomic E-state index is 4.67. The van der Waals surface area contributed by atoms with E-state index in [-0.39, 0.29) is 0 Å². The van der Waals surface area contributed by atoms with Crippen molar-refractivity contribution in [1.82, 2.24) is 4.98 Å². The average molecular weight is 295 g/mol. The Kier molecular flexibility index (Phi) is 5.76. The van der Waals surface area contributed by atoms with Crippen LogP contribution in [0.4, 0.5) is 0 Å². The summed E-state index contributed by atoms with van der Waals surface area (Å²) in [6, 6.07) is 11.2. The quantitative estimate of drug-likeness (QED) is 0.622. The molecule has 118 valence electrons. The number of hydrogen-bond acceptors (Lipinski definition) is 1. The van der Waals surface area contributed by atoms with Crippen LogP contribution in [-0.4, -0.2) is 4.98 Å². The molecule has 0 saturated carbocycles. The Labute approximate surface area is 135 Å². The lowest BCUT2D eigenvalue weighted by molar-refractivity contribution is 0.642. The van der Waals surface area contributed by atoms with Crippen molar-refractivity contribution in [3.05, 3.63) is 53.2 Å². The summed E-state index contributed by atoms with van der Waals surface area (Å²) in [5.74, 6) is 1.32. The first-order valence-corrected chi connectivity index (χ1v) is 8.61. The Bertz CT molecular complexity index is 609. The fourth-order valence-electron chi connectivity index (χ4n) is 3.10. The number of aryl methyl sites for hydroxylation is 1. The molecule has 0 unspecified atom stereocenters. The van der Waals surface area contributed by atoms with E-state index in [0.29, 0.717) is 11.8 Å². The van der Waals surface area contributed by atoms with Gasteiger partial charge in [-0.05, 0) is 66.8 Å². The van der Waals surface area contributed by atoms with E-state index < -0.39 is 0 Å². The second kappa shape index (κ2) is 7.58. The second-order valence-corrected chi connectivity index (χ2v) is 6.73. The van der Waals surface area contributed by atoms with Crippen molar-refractivity contribution >= 4 is 0 Å². The maximum absolute atomic E-state index is 4.67. The number of rotatable bonds is 6. The molecule has 0 atom stereocenters. The first-order valence-electron chi connectivity index (χ1n) is 8.61. The molecule has 1 heteroatoms. The van der Waals surface area contributed by atoms with Crippen LogP contribution in [0.15, 0.2) is 36.5 Å². The molecule has 0 radical (unpaired) electrons. The molecule has 2 aromatic rings. The van der Waals surface area contributed by atoms with Gasteiger partial charge < -0.3 is 0 Å². The number of benzene rings is 1. The van der Waals surface area contributed by atoms with Gasteiger partial charge in [0.2, 0.25) is 0 Å². The highest BCUT2D eigenvalue weighted by Gasteiger charge is 2.10. The van der Waals surface area contributed by atoms with Crippen molar-refractivity contribution < 1.29 is 0 Å². The maximum Gasteiger partial charge on any atom is 0.0705 e. The highest BCUT2D eigenvalue weighted by Crippen LogP contribution is 2.28. The highest BCUT2D eigenvalue weighted by molar-refractivity contribution is 5.61. The van der Waals surface area contributed by atoms with E-state index in [9.17, 15) is 0 Å². The van der Waals surface area contributed by atoms with E-state index in [1.807, 2.05) is 6.20 Å². The van der Waals surface area contributed by atoms with E-state index in [2.05, 4.69) is 69.9 Å². The van der Waals surface area contributed by atoms with Gasteiger partial charge in [0.15, 0.2) is 0 Å². The van der Waals surface area contributed by atoms with Crippen LogP contribution < -0.4 is 0 Å². The smallest absolute Gasteiger partial charge is 0.0705 e. The van der Waals surface area contributed by atoms with Gasteiger partial charge in [0, 0.05) is 11.8 Å². The summed E-state index contributed by atoms with van der Waals surface area (Å²) in [5.41, 5.74) is 6.51. The lowest BCUT2D eigenvalue weighted by atomic mass is 9.91. The molecule has 22 heavy (non-hydrogen) atoms. The van der Waals surface area contributed by atoms with Crippen LogP contribution in [0.5, 0.6) is 0 Å². The van der Waals surface area contributed by atoms with Gasteiger partial charge in [-0.3, -0.25) is 4.98 Å². The predicted octanol–water partition coefficient (Wildman–Crippen LogP) is 6.16. The van der Waals surface area contributed by atoms with E-state index in [4.69, 9.17) is 0 Å². The fourth-order valence-corrected chi connectivity index (χ4v) is 3.10. The zero-order valence-corrected chi connectivity index (χ0v) is 14.7. The summed E-state index contributed by atoms with van der Waals surface area (Å²) in [6.07, 6.45) is 5.53. The molecule has 2 rings (SSSR count). The molecule has 0 aliphatic rings. The lowest BCUT2D eigenvalue weighted by Gasteiger charge is -2.15. The summed E-state index contributed by atoms with van der Waals surface area (Å²) in [7, 11) is 0. The number of hydrogen-bond donors (Lipinski definition) is 0. The molecule has 0 fully saturated rings. The number of aromatic nitrogens is 1. The molecule has 1 aromatic carbocycles. The van der Waals surface area contributed by atoms with Crippen molar-refractivity contribution in [2.45, 2.75) is 59.8 Å². The van der Waals surface area contributed by atoms with Gasteiger partial charge in [-0.1, -0.05) is 45.9 Å². The summed E-state index contributed by atoms with van der Waals surface area (Å²) < 4.78 is 0. The molecular weight excluding hydrogens is 266 g/mol. The molecule has 0 saturated heterocycles. The van der Waals surface area contributed by atoms with Gasteiger partial charge in [0.1, 0.15) is 0 Å². The van der Waals surface area contributed by atoms with Crippen LogP contribution in [0.3, 0.4) is 0 Å². The molecule has 0 aliphatic heterocycles. The monoisotopic (exact) mass is 295 g/mol. The average Bonchev–Trinajstić information content (AvgIpc) is 2.50. The largest absolute Gasteiger partial charge is 0.256 e. The summed E-state index contributed by atoms with van der Waals surface area (Å²) in [4.78, 5) is 4.67. The van der Waals surface area contributed by atoms with Crippen molar-refractivity contribution in [2.24, 2.45) is 5.92 Å². The molecule has 0 N–H and O–H groups in total. The van der Waals surface area contributed by atoms with Crippen molar-refractivity contribution in [3.8, 4) is 11.3 Å². The second-order valence-electron chi connectivity index (χ2n) is 6.73. The number of pyridine rings is 1. The fraction of sp³-hybridized carbons (Fsp3) is 0.476. The standard InChI is InChI=1S/C21H29N/c1-6-17(7-2)18-9-8-10-19(12-18)21-13-20(11-15(3)4)16(5)14-22-21/h8-10,12-15,17H,6-7,11H2,1-5H3. The molecule has 1 aromatic heterocycles. The van der Waals surface area contributed by atoms with Gasteiger partial charge in [0.05, 0.1) is 5.69 Å². The van der Waals surface area contributed by atoms with Gasteiger partial charge >= 0.3 is 0 Å². The third-order valence-corrected chi connectivity index (χ3v) is 4.48. The highest BCUT2D eigenvalue weighted by atomic mass is 14.7. The van der Waals surface area contributed by atoms with Gasteiger partial charge in [0.25, 0.3) is 0 Å². The molecule has 0 bridgehead atoms. The van der Waals surface area contributed by atoms with Crippen molar-refractivity contribution in [2.75, 3.05) is 0 Å². The Morgan fingerprint density at radius 1 is 1.05 bits per heavy atom. The van der Waals surface area contributed by atoms with Crippen LogP contribution >= 0.6 is 0 Å². The lowest BCUT2D eigenvalue weighted by Crippen LogP contribution is -1.99. The van der Waals surface area contributed by atoms with Crippen LogP contribution in [-0.2, 0) is 6.42 Å². The minimum atomic E-state index is 0.653. The molecule has 1 nitrogen and oxygen atoms in total. The van der Waals surface area contributed by atoms with E-state index in [1.165, 1.54) is 35.1 Å². The summed E-state index contributed by atoms with van der Waals surface area (Å²) >= 11 is 0. The predicted molar refractivity (Wildman–Crippen MR) is 96.3 cm³/mol. The third-order valence-electron chi connectivity index (χ3n) is 4.48. The molecule has 1 heterocycles. The molecule has 0 aliphatic carbocycles. The van der Waals surface area contributed by atoms with Crippen molar-refractivity contribution in [1.29, 1.82) is 0 Å². The Morgan fingerprint density at radius 2 is 1.77 bits per heavy atom. The zero-order valence-electron chi connectivity index (χ0n) is 14.7. The Balaban J connectivity index is 2.37. The first kappa shape index (κ1) is 16.7. The minimum absolute atomic E-state index is 0.653. The Morgan fingerprint density at radius 3 is 2.41 bits per heavy atom. The third kappa shape index (κ3) is 3.97. The van der Waals surface area contributed by atoms with E-state index in [1.54, 1.807) is 0 Å². The van der Waals surface area contributed by atoms with Crippen LogP contribution in [0.1, 0.15) is 63.1 Å². The van der Waals surface area contributed by atoms with Crippen LogP contribution in [0, 0.1) is 12.8 Å². The van der Waals surface area contributed by atoms with Gasteiger partial charge in [-0.15, -0.1) is 0 Å². The zero-order chi connectivity index (χ0) is 16.1. The van der Waals surface area contributed by atoms with Crippen LogP contribution in [0.25, 0.3) is 11.3 Å². The molecular formula is C21H29N. The van der Waals surface area contributed by atoms with Gasteiger partial charge in [-0.25, -0.2) is 0 Å². The topological polar surface area (TPSA) is 12.9 Å². The summed E-state index contributed by atoms with van der Waals surface area (Å²) in [6.45, 7) is 11.2. The van der Waals surface area contributed by atoms with Crippen molar-refractivity contribution in [3.63, 3.8) is 0 Å². The Hall–Kier alpha value is -1.63. The van der Waals surface area contributed by atoms with Gasteiger partial charge in [-0.2, -0.15) is 0 Å². The minimum Gasteiger partial charge on any atom is -0.256 e. The molecule has 0 amide bonds. The normalized spacial score (nSPS) is 11.4. The first-order chi connectivity index (χ1) is 10.5. The summed E-state index contributed by atoms with van der Waals surface area (Å²) in [5, 5.41) is 0. The SMILES string of the molecule is CCC(CC)c1cccc(-c2cc(CC(C)C)c(C)cn2)c1. The van der Waals surface area contributed by atoms with E-state index >= 15 is 0 Å². The molecule has 0 spiro atoms. The van der Waals surface area contributed by atoms with E-state index in [0.717, 1.165) is 12.1 Å². The number of nitrogens with zero attached hydrogens (tertiary/aromatic N) is 1.